The van der Waals surface area contributed by atoms with Crippen molar-refractivity contribution in [1.29, 1.82) is 0 Å². The topological polar surface area (TPSA) is 77.5 Å². The SMILES string of the molecule is CCCCCCCCOC(=O)c1ccc2c(c1)S(=O)(=O)c1ccccc1C2=O. The predicted octanol–water partition coefficient (Wildman–Crippen LogP) is 4.58. The van der Waals surface area contributed by atoms with Crippen molar-refractivity contribution in [2.24, 2.45) is 0 Å². The van der Waals surface area contributed by atoms with Crippen LogP contribution in [-0.2, 0) is 14.6 Å². The summed E-state index contributed by atoms with van der Waals surface area (Å²) in [6.07, 6.45) is 6.47. The number of carbonyl (C=O) groups excluding carboxylic acids is 2. The first-order valence-corrected chi connectivity index (χ1v) is 11.1. The number of fused-ring (bicyclic) bond motifs is 2. The van der Waals surface area contributed by atoms with Crippen LogP contribution in [0.4, 0.5) is 0 Å². The lowest BCUT2D eigenvalue weighted by Gasteiger charge is -2.19. The lowest BCUT2D eigenvalue weighted by Crippen LogP contribution is -2.21. The van der Waals surface area contributed by atoms with Crippen molar-refractivity contribution in [3.63, 3.8) is 0 Å². The Morgan fingerprint density at radius 2 is 1.57 bits per heavy atom. The fraction of sp³-hybridized carbons (Fsp3) is 0.364. The molecule has 2 aromatic rings. The monoisotopic (exact) mass is 400 g/mol. The highest BCUT2D eigenvalue weighted by molar-refractivity contribution is 7.91. The lowest BCUT2D eigenvalue weighted by molar-refractivity contribution is 0.0497. The first kappa shape index (κ1) is 20.3. The summed E-state index contributed by atoms with van der Waals surface area (Å²) in [6.45, 7) is 2.46. The number of benzene rings is 2. The number of hydrogen-bond donors (Lipinski definition) is 0. The number of rotatable bonds is 8. The molecule has 0 unspecified atom stereocenters. The minimum absolute atomic E-state index is 0.0231. The molecule has 28 heavy (non-hydrogen) atoms. The maximum Gasteiger partial charge on any atom is 0.338 e. The van der Waals surface area contributed by atoms with E-state index in [1.807, 2.05) is 0 Å². The molecule has 0 saturated heterocycles. The Kier molecular flexibility index (Phi) is 6.29. The summed E-state index contributed by atoms with van der Waals surface area (Å²) >= 11 is 0. The quantitative estimate of drug-likeness (QED) is 0.408. The molecule has 0 aliphatic carbocycles. The Hall–Kier alpha value is -2.47. The third kappa shape index (κ3) is 4.02. The van der Waals surface area contributed by atoms with Gasteiger partial charge in [0.15, 0.2) is 5.78 Å². The lowest BCUT2D eigenvalue weighted by atomic mass is 10.0. The number of esters is 1. The number of hydrogen-bond acceptors (Lipinski definition) is 5. The average molecular weight is 400 g/mol. The third-order valence-electron chi connectivity index (χ3n) is 4.90. The summed E-state index contributed by atoms with van der Waals surface area (Å²) in [4.78, 5) is 24.8. The first-order valence-electron chi connectivity index (χ1n) is 9.67. The van der Waals surface area contributed by atoms with Gasteiger partial charge in [-0.15, -0.1) is 0 Å². The van der Waals surface area contributed by atoms with Gasteiger partial charge >= 0.3 is 5.97 Å². The minimum Gasteiger partial charge on any atom is -0.462 e. The Labute approximate surface area is 165 Å². The van der Waals surface area contributed by atoms with Crippen molar-refractivity contribution in [3.8, 4) is 0 Å². The summed E-state index contributed by atoms with van der Waals surface area (Å²) in [5, 5.41) is 0. The van der Waals surface area contributed by atoms with Crippen LogP contribution in [0.5, 0.6) is 0 Å². The van der Waals surface area contributed by atoms with Gasteiger partial charge in [-0.25, -0.2) is 13.2 Å². The fourth-order valence-electron chi connectivity index (χ4n) is 3.34. The number of carbonyl (C=O) groups is 2. The van der Waals surface area contributed by atoms with Gasteiger partial charge < -0.3 is 4.74 Å². The van der Waals surface area contributed by atoms with E-state index in [0.29, 0.717) is 6.61 Å². The molecule has 3 rings (SSSR count). The molecule has 0 spiro atoms. The van der Waals surface area contributed by atoms with E-state index < -0.39 is 15.8 Å². The third-order valence-corrected chi connectivity index (χ3v) is 6.76. The second-order valence-corrected chi connectivity index (χ2v) is 8.83. The maximum atomic E-state index is 12.9. The number of sulfone groups is 1. The van der Waals surface area contributed by atoms with Crippen LogP contribution in [0.15, 0.2) is 52.3 Å². The molecule has 6 heteroatoms. The van der Waals surface area contributed by atoms with Crippen LogP contribution < -0.4 is 0 Å². The Morgan fingerprint density at radius 1 is 0.893 bits per heavy atom. The first-order chi connectivity index (χ1) is 13.5. The van der Waals surface area contributed by atoms with E-state index in [0.717, 1.165) is 19.3 Å². The zero-order valence-electron chi connectivity index (χ0n) is 15.9. The van der Waals surface area contributed by atoms with Gasteiger partial charge in [0, 0.05) is 11.1 Å². The Bertz CT molecular complexity index is 992. The molecule has 1 aliphatic heterocycles. The van der Waals surface area contributed by atoms with E-state index in [1.165, 1.54) is 49.6 Å². The molecule has 0 radical (unpaired) electrons. The van der Waals surface area contributed by atoms with Gasteiger partial charge in [-0.05, 0) is 36.8 Å². The summed E-state index contributed by atoms with van der Waals surface area (Å²) in [5.74, 6) is -0.926. The van der Waals surface area contributed by atoms with Crippen molar-refractivity contribution in [2.45, 2.75) is 55.2 Å². The minimum atomic E-state index is -3.86. The molecule has 0 fully saturated rings. The van der Waals surface area contributed by atoms with Crippen LogP contribution in [-0.4, -0.2) is 26.8 Å². The summed E-state index contributed by atoms with van der Waals surface area (Å²) in [6, 6.07) is 10.2. The highest BCUT2D eigenvalue weighted by atomic mass is 32.2. The molecule has 0 N–H and O–H groups in total. The number of ketones is 1. The molecular formula is C22H24O5S. The molecule has 148 valence electrons. The van der Waals surface area contributed by atoms with Crippen molar-refractivity contribution in [2.75, 3.05) is 6.61 Å². The van der Waals surface area contributed by atoms with Crippen molar-refractivity contribution in [3.05, 3.63) is 59.2 Å². The zero-order chi connectivity index (χ0) is 20.1. The van der Waals surface area contributed by atoms with E-state index in [4.69, 9.17) is 4.74 Å². The molecule has 1 aliphatic rings. The van der Waals surface area contributed by atoms with E-state index in [9.17, 15) is 18.0 Å². The van der Waals surface area contributed by atoms with Crippen LogP contribution in [0.1, 0.15) is 71.7 Å². The summed E-state index contributed by atoms with van der Waals surface area (Å²) in [7, 11) is -3.86. The largest absolute Gasteiger partial charge is 0.462 e. The van der Waals surface area contributed by atoms with Gasteiger partial charge in [-0.1, -0.05) is 51.2 Å². The van der Waals surface area contributed by atoms with Gasteiger partial charge in [-0.3, -0.25) is 4.79 Å². The van der Waals surface area contributed by atoms with Crippen LogP contribution >= 0.6 is 0 Å². The van der Waals surface area contributed by atoms with Crippen molar-refractivity contribution in [1.82, 2.24) is 0 Å². The van der Waals surface area contributed by atoms with Crippen LogP contribution in [0.3, 0.4) is 0 Å². The number of ether oxygens (including phenoxy) is 1. The smallest absolute Gasteiger partial charge is 0.338 e. The molecule has 2 aromatic carbocycles. The molecule has 0 bridgehead atoms. The van der Waals surface area contributed by atoms with Crippen molar-refractivity contribution < 1.29 is 22.7 Å². The Morgan fingerprint density at radius 3 is 2.36 bits per heavy atom. The van der Waals surface area contributed by atoms with Gasteiger partial charge in [-0.2, -0.15) is 0 Å². The highest BCUT2D eigenvalue weighted by Gasteiger charge is 2.35. The Balaban J connectivity index is 1.72. The van der Waals surface area contributed by atoms with Gasteiger partial charge in [0.25, 0.3) is 0 Å². The predicted molar refractivity (Wildman–Crippen MR) is 105 cm³/mol. The second kappa shape index (κ2) is 8.69. The summed E-state index contributed by atoms with van der Waals surface area (Å²) in [5.41, 5.74) is 0.389. The van der Waals surface area contributed by atoms with E-state index >= 15 is 0 Å². The van der Waals surface area contributed by atoms with Crippen LogP contribution in [0.2, 0.25) is 0 Å². The fourth-order valence-corrected chi connectivity index (χ4v) is 5.02. The van der Waals surface area contributed by atoms with Gasteiger partial charge in [0.2, 0.25) is 9.84 Å². The molecule has 5 nitrogen and oxygen atoms in total. The van der Waals surface area contributed by atoms with Crippen molar-refractivity contribution >= 4 is 21.6 Å². The zero-order valence-corrected chi connectivity index (χ0v) is 16.8. The molecule has 0 aromatic heterocycles. The number of unbranched alkanes of at least 4 members (excludes halogenated alkanes) is 5. The average Bonchev–Trinajstić information content (AvgIpc) is 2.71. The molecule has 0 saturated carbocycles. The van der Waals surface area contributed by atoms with E-state index in [2.05, 4.69) is 6.92 Å². The standard InChI is InChI=1S/C22H24O5S/c1-2-3-4-5-6-9-14-27-22(24)16-12-13-18-20(15-16)28(25,26)19-11-8-7-10-17(19)21(18)23/h7-8,10-13,15H,2-6,9,14H2,1H3. The summed E-state index contributed by atoms with van der Waals surface area (Å²) < 4.78 is 31.1. The molecule has 0 atom stereocenters. The van der Waals surface area contributed by atoms with Crippen LogP contribution in [0.25, 0.3) is 0 Å². The normalized spacial score (nSPS) is 14.2. The van der Waals surface area contributed by atoms with Crippen LogP contribution in [0, 0.1) is 0 Å². The second-order valence-electron chi connectivity index (χ2n) is 6.94. The highest BCUT2D eigenvalue weighted by Crippen LogP contribution is 2.34. The van der Waals surface area contributed by atoms with E-state index in [1.54, 1.807) is 12.1 Å². The molecular weight excluding hydrogens is 376 g/mol. The van der Waals surface area contributed by atoms with Gasteiger partial charge in [0.1, 0.15) is 0 Å². The maximum absolute atomic E-state index is 12.9. The molecule has 0 amide bonds. The van der Waals surface area contributed by atoms with Gasteiger partial charge in [0.05, 0.1) is 22.0 Å². The molecule has 1 heterocycles. The van der Waals surface area contributed by atoms with E-state index in [-0.39, 0.29) is 32.3 Å².